The largest absolute Gasteiger partial charge is 0.310 e. The zero-order valence-corrected chi connectivity index (χ0v) is 28.3. The summed E-state index contributed by atoms with van der Waals surface area (Å²) in [4.78, 5) is 2.43. The van der Waals surface area contributed by atoms with E-state index < -0.39 is 0 Å². The summed E-state index contributed by atoms with van der Waals surface area (Å²) in [6.45, 7) is 4.71. The average Bonchev–Trinajstić information content (AvgIpc) is 3.41. The van der Waals surface area contributed by atoms with E-state index in [4.69, 9.17) is 0 Å². The van der Waals surface area contributed by atoms with Crippen LogP contribution in [0.3, 0.4) is 0 Å². The Morgan fingerprint density at radius 3 is 1.58 bits per heavy atom. The zero-order valence-electron chi connectivity index (χ0n) is 28.3. The zero-order chi connectivity index (χ0) is 33.7. The smallest absolute Gasteiger partial charge is 0.0467 e. The van der Waals surface area contributed by atoms with Crippen molar-refractivity contribution < 1.29 is 0 Å². The van der Waals surface area contributed by atoms with E-state index in [0.29, 0.717) is 0 Å². The fraction of sp³-hybridized carbons (Fsp3) is 0.0612. The van der Waals surface area contributed by atoms with Crippen molar-refractivity contribution in [3.63, 3.8) is 0 Å². The van der Waals surface area contributed by atoms with E-state index in [2.05, 4.69) is 207 Å². The second-order valence-corrected chi connectivity index (χ2v) is 13.8. The van der Waals surface area contributed by atoms with Crippen molar-refractivity contribution in [2.45, 2.75) is 19.3 Å². The first-order chi connectivity index (χ1) is 24.5. The highest BCUT2D eigenvalue weighted by Gasteiger charge is 2.35. The number of fused-ring (bicyclic) bond motifs is 4. The van der Waals surface area contributed by atoms with Crippen LogP contribution in [0.15, 0.2) is 188 Å². The number of hydrogen-bond acceptors (Lipinski definition) is 1. The van der Waals surface area contributed by atoms with Crippen LogP contribution in [0.1, 0.15) is 25.0 Å². The second kappa shape index (κ2) is 12.1. The molecule has 1 aliphatic rings. The summed E-state index contributed by atoms with van der Waals surface area (Å²) in [6.07, 6.45) is 0. The van der Waals surface area contributed by atoms with Gasteiger partial charge in [0.1, 0.15) is 0 Å². The number of nitrogens with zero attached hydrogens (tertiary/aromatic N) is 1. The standard InChI is InChI=1S/C49H37N/c1-49(2)47-24-9-8-23-45(47)46-28-27-44(33-48(46)49)50(43-22-12-20-40(32-43)41-26-25-35-15-6-7-16-36(35)30-41)42-21-11-19-39(31-42)38-18-10-17-37(29-38)34-13-4-3-5-14-34/h3-33H,1-2H3. The van der Waals surface area contributed by atoms with E-state index in [1.807, 2.05) is 0 Å². The highest BCUT2D eigenvalue weighted by atomic mass is 15.1. The first kappa shape index (κ1) is 29.9. The highest BCUT2D eigenvalue weighted by molar-refractivity contribution is 5.90. The van der Waals surface area contributed by atoms with E-state index in [1.165, 1.54) is 66.4 Å². The molecule has 0 aromatic heterocycles. The van der Waals surface area contributed by atoms with Crippen LogP contribution in [0.25, 0.3) is 55.3 Å². The fourth-order valence-corrected chi connectivity index (χ4v) is 7.81. The molecule has 0 heterocycles. The highest BCUT2D eigenvalue weighted by Crippen LogP contribution is 2.51. The van der Waals surface area contributed by atoms with E-state index in [1.54, 1.807) is 0 Å². The van der Waals surface area contributed by atoms with Crippen molar-refractivity contribution in [3.05, 3.63) is 199 Å². The molecule has 1 heteroatoms. The van der Waals surface area contributed by atoms with Gasteiger partial charge in [-0.2, -0.15) is 0 Å². The van der Waals surface area contributed by atoms with Crippen LogP contribution in [0, 0.1) is 0 Å². The Balaban J connectivity index is 1.19. The molecule has 0 spiro atoms. The van der Waals surface area contributed by atoms with Crippen LogP contribution in [0.2, 0.25) is 0 Å². The van der Waals surface area contributed by atoms with Gasteiger partial charge in [-0.3, -0.25) is 0 Å². The summed E-state index contributed by atoms with van der Waals surface area (Å²) in [5.74, 6) is 0. The van der Waals surface area contributed by atoms with Gasteiger partial charge in [0, 0.05) is 22.5 Å². The Labute approximate surface area is 294 Å². The molecule has 0 atom stereocenters. The minimum Gasteiger partial charge on any atom is -0.310 e. The number of benzene rings is 8. The summed E-state index contributed by atoms with van der Waals surface area (Å²) < 4.78 is 0. The molecule has 0 bridgehead atoms. The van der Waals surface area contributed by atoms with Crippen LogP contribution < -0.4 is 4.90 Å². The predicted octanol–water partition coefficient (Wildman–Crippen LogP) is 13.6. The molecule has 0 saturated heterocycles. The normalized spacial score (nSPS) is 12.8. The Bertz CT molecular complexity index is 2520. The molecule has 9 rings (SSSR count). The van der Waals surface area contributed by atoms with Gasteiger partial charge in [0.2, 0.25) is 0 Å². The SMILES string of the molecule is CC1(C)c2ccccc2-c2ccc(N(c3cccc(-c4cccc(-c5ccccc5)c4)c3)c3cccc(-c4ccc5ccccc5c4)c3)cc21. The topological polar surface area (TPSA) is 3.24 Å². The first-order valence-electron chi connectivity index (χ1n) is 17.4. The molecule has 50 heavy (non-hydrogen) atoms. The monoisotopic (exact) mass is 639 g/mol. The Morgan fingerprint density at radius 1 is 0.320 bits per heavy atom. The maximum Gasteiger partial charge on any atom is 0.0467 e. The predicted molar refractivity (Wildman–Crippen MR) is 213 cm³/mol. The van der Waals surface area contributed by atoms with Crippen molar-refractivity contribution in [3.8, 4) is 44.5 Å². The molecule has 1 aliphatic carbocycles. The molecule has 0 aliphatic heterocycles. The van der Waals surface area contributed by atoms with Crippen LogP contribution in [-0.4, -0.2) is 0 Å². The van der Waals surface area contributed by atoms with Gasteiger partial charge in [-0.05, 0) is 115 Å². The van der Waals surface area contributed by atoms with E-state index >= 15 is 0 Å². The molecule has 0 radical (unpaired) electrons. The summed E-state index contributed by atoms with van der Waals surface area (Å²) in [7, 11) is 0. The molecule has 0 fully saturated rings. The lowest BCUT2D eigenvalue weighted by Crippen LogP contribution is -2.16. The van der Waals surface area contributed by atoms with Crippen molar-refractivity contribution in [1.29, 1.82) is 0 Å². The molecule has 0 N–H and O–H groups in total. The summed E-state index contributed by atoms with van der Waals surface area (Å²) >= 11 is 0. The summed E-state index contributed by atoms with van der Waals surface area (Å²) in [6, 6.07) is 68.7. The maximum atomic E-state index is 2.43. The molecule has 8 aromatic rings. The molecular formula is C49H37N. The van der Waals surface area contributed by atoms with Crippen molar-refractivity contribution in [2.75, 3.05) is 4.90 Å². The lowest BCUT2D eigenvalue weighted by atomic mass is 9.82. The third kappa shape index (κ3) is 5.19. The van der Waals surface area contributed by atoms with Gasteiger partial charge in [0.15, 0.2) is 0 Å². The second-order valence-electron chi connectivity index (χ2n) is 13.8. The summed E-state index contributed by atoms with van der Waals surface area (Å²) in [5.41, 5.74) is 15.9. The quantitative estimate of drug-likeness (QED) is 0.175. The Hall–Kier alpha value is -6.18. The van der Waals surface area contributed by atoms with Gasteiger partial charge in [0.25, 0.3) is 0 Å². The minimum absolute atomic E-state index is 0.0969. The van der Waals surface area contributed by atoms with Crippen LogP contribution in [0.4, 0.5) is 17.1 Å². The van der Waals surface area contributed by atoms with E-state index in [0.717, 1.165) is 17.1 Å². The number of hydrogen-bond donors (Lipinski definition) is 0. The third-order valence-corrected chi connectivity index (χ3v) is 10.4. The average molecular weight is 640 g/mol. The molecule has 0 saturated carbocycles. The number of anilines is 3. The molecule has 0 unspecified atom stereocenters. The van der Waals surface area contributed by atoms with Crippen molar-refractivity contribution in [2.24, 2.45) is 0 Å². The fourth-order valence-electron chi connectivity index (χ4n) is 7.81. The van der Waals surface area contributed by atoms with Gasteiger partial charge in [-0.1, -0.05) is 153 Å². The first-order valence-corrected chi connectivity index (χ1v) is 17.4. The Kier molecular flexibility index (Phi) is 7.21. The molecule has 0 amide bonds. The van der Waals surface area contributed by atoms with Gasteiger partial charge in [-0.15, -0.1) is 0 Å². The minimum atomic E-state index is -0.0969. The van der Waals surface area contributed by atoms with Gasteiger partial charge in [-0.25, -0.2) is 0 Å². The molecule has 238 valence electrons. The van der Waals surface area contributed by atoms with E-state index in [-0.39, 0.29) is 5.41 Å². The lowest BCUT2D eigenvalue weighted by molar-refractivity contribution is 0.660. The van der Waals surface area contributed by atoms with Crippen molar-refractivity contribution >= 4 is 27.8 Å². The Morgan fingerprint density at radius 2 is 0.840 bits per heavy atom. The number of rotatable bonds is 6. The van der Waals surface area contributed by atoms with E-state index in [9.17, 15) is 0 Å². The van der Waals surface area contributed by atoms with Gasteiger partial charge >= 0.3 is 0 Å². The molecule has 8 aromatic carbocycles. The van der Waals surface area contributed by atoms with Crippen molar-refractivity contribution in [1.82, 2.24) is 0 Å². The third-order valence-electron chi connectivity index (χ3n) is 10.4. The lowest BCUT2D eigenvalue weighted by Gasteiger charge is -2.29. The summed E-state index contributed by atoms with van der Waals surface area (Å²) in [5, 5.41) is 2.50. The molecular weight excluding hydrogens is 603 g/mol. The molecule has 1 nitrogen and oxygen atoms in total. The van der Waals surface area contributed by atoms with Crippen LogP contribution >= 0.6 is 0 Å². The van der Waals surface area contributed by atoms with Crippen LogP contribution in [0.5, 0.6) is 0 Å². The van der Waals surface area contributed by atoms with Gasteiger partial charge < -0.3 is 4.90 Å². The van der Waals surface area contributed by atoms with Crippen LogP contribution in [-0.2, 0) is 5.41 Å². The maximum absolute atomic E-state index is 2.43. The van der Waals surface area contributed by atoms with Gasteiger partial charge in [0.05, 0.1) is 0 Å².